The number of hydrogen-bond donors (Lipinski definition) is 1. The Labute approximate surface area is 192 Å². The topological polar surface area (TPSA) is 77.0 Å². The maximum atomic E-state index is 12.4. The summed E-state index contributed by atoms with van der Waals surface area (Å²) in [6.07, 6.45) is 0. The minimum absolute atomic E-state index is 0.126. The van der Waals surface area contributed by atoms with Crippen LogP contribution in [0.2, 0.25) is 0 Å². The molecule has 0 fully saturated rings. The molecule has 4 aromatic rings. The van der Waals surface area contributed by atoms with Gasteiger partial charge in [0.05, 0.1) is 34.0 Å². The molecule has 3 aromatic heterocycles. The second-order valence-corrected chi connectivity index (χ2v) is 9.65. The summed E-state index contributed by atoms with van der Waals surface area (Å²) in [5.41, 5.74) is 3.44. The molecule has 4 rings (SSSR count). The summed E-state index contributed by atoms with van der Waals surface area (Å²) in [6, 6.07) is 13.6. The lowest BCUT2D eigenvalue weighted by atomic mass is 10.2. The predicted octanol–water partition coefficient (Wildman–Crippen LogP) is 5.68. The van der Waals surface area contributed by atoms with E-state index in [4.69, 9.17) is 4.74 Å². The van der Waals surface area contributed by atoms with Crippen molar-refractivity contribution in [2.45, 2.75) is 18.9 Å². The first-order valence-electron chi connectivity index (χ1n) is 9.46. The number of ether oxygens (including phenoxy) is 1. The quantitative estimate of drug-likeness (QED) is 0.351. The molecule has 0 radical (unpaired) electrons. The molecule has 3 heterocycles. The van der Waals surface area contributed by atoms with E-state index in [-0.39, 0.29) is 11.7 Å². The minimum atomic E-state index is -0.126. The van der Waals surface area contributed by atoms with Crippen LogP contribution in [0, 0.1) is 13.8 Å². The third-order valence-electron chi connectivity index (χ3n) is 4.38. The number of carbonyl (C=O) groups excluding carboxylic acids is 1. The van der Waals surface area contributed by atoms with Crippen LogP contribution in [-0.4, -0.2) is 34.0 Å². The summed E-state index contributed by atoms with van der Waals surface area (Å²) >= 11 is 4.63. The Morgan fingerprint density at radius 2 is 2.03 bits per heavy atom. The molecule has 0 bridgehead atoms. The fraction of sp³-hybridized carbons (Fsp3) is 0.182. The number of aromatic nitrogens is 3. The van der Waals surface area contributed by atoms with Crippen molar-refractivity contribution in [1.82, 2.24) is 15.2 Å². The van der Waals surface area contributed by atoms with E-state index in [0.717, 1.165) is 31.7 Å². The van der Waals surface area contributed by atoms with Gasteiger partial charge in [0.1, 0.15) is 21.5 Å². The lowest BCUT2D eigenvalue weighted by Crippen LogP contribution is -2.15. The van der Waals surface area contributed by atoms with Crippen molar-refractivity contribution in [3.63, 3.8) is 0 Å². The van der Waals surface area contributed by atoms with Gasteiger partial charge in [0.15, 0.2) is 0 Å². The number of thiazole rings is 1. The van der Waals surface area contributed by atoms with Crippen molar-refractivity contribution in [2.75, 3.05) is 18.2 Å². The zero-order valence-corrected chi connectivity index (χ0v) is 19.7. The van der Waals surface area contributed by atoms with Crippen molar-refractivity contribution in [2.24, 2.45) is 0 Å². The Balaban J connectivity index is 1.39. The van der Waals surface area contributed by atoms with Crippen molar-refractivity contribution in [3.05, 3.63) is 59.1 Å². The van der Waals surface area contributed by atoms with E-state index >= 15 is 0 Å². The molecule has 0 aliphatic heterocycles. The number of nitrogens with one attached hydrogen (secondary N) is 1. The number of thioether (sulfide) groups is 1. The zero-order valence-electron chi connectivity index (χ0n) is 17.2. The Bertz CT molecular complexity index is 1190. The van der Waals surface area contributed by atoms with Gasteiger partial charge in [-0.25, -0.2) is 4.98 Å². The van der Waals surface area contributed by atoms with Crippen LogP contribution in [-0.2, 0) is 4.79 Å². The molecule has 1 amide bonds. The molecular weight excluding hydrogens is 448 g/mol. The van der Waals surface area contributed by atoms with Crippen LogP contribution in [0.1, 0.15) is 11.3 Å². The molecular formula is C22H20N4O2S3. The molecule has 0 atom stereocenters. The normalized spacial score (nSPS) is 10.8. The van der Waals surface area contributed by atoms with Gasteiger partial charge in [-0.05, 0) is 55.1 Å². The summed E-state index contributed by atoms with van der Waals surface area (Å²) in [4.78, 5) is 19.2. The average Bonchev–Trinajstić information content (AvgIpc) is 3.43. The fourth-order valence-electron chi connectivity index (χ4n) is 2.90. The van der Waals surface area contributed by atoms with Crippen LogP contribution in [0.3, 0.4) is 0 Å². The van der Waals surface area contributed by atoms with Gasteiger partial charge in [-0.15, -0.1) is 32.9 Å². The first-order valence-corrected chi connectivity index (χ1v) is 12.1. The maximum absolute atomic E-state index is 12.4. The maximum Gasteiger partial charge on any atom is 0.234 e. The number of carbonyl (C=O) groups is 1. The number of rotatable bonds is 7. The summed E-state index contributed by atoms with van der Waals surface area (Å²) in [7, 11) is 1.58. The monoisotopic (exact) mass is 468 g/mol. The minimum Gasteiger partial charge on any atom is -0.495 e. The molecule has 0 aliphatic rings. The van der Waals surface area contributed by atoms with Gasteiger partial charge in [-0.1, -0.05) is 23.9 Å². The highest BCUT2D eigenvalue weighted by Crippen LogP contribution is 2.36. The van der Waals surface area contributed by atoms with Gasteiger partial charge in [0, 0.05) is 0 Å². The Kier molecular flexibility index (Phi) is 6.64. The molecule has 0 saturated heterocycles. The lowest BCUT2D eigenvalue weighted by molar-refractivity contribution is -0.113. The lowest BCUT2D eigenvalue weighted by Gasteiger charge is -2.10. The molecule has 9 heteroatoms. The highest BCUT2D eigenvalue weighted by molar-refractivity contribution is 7.99. The summed E-state index contributed by atoms with van der Waals surface area (Å²) in [5.74, 6) is 0.737. The molecule has 158 valence electrons. The van der Waals surface area contributed by atoms with Crippen LogP contribution >= 0.6 is 34.4 Å². The zero-order chi connectivity index (χ0) is 21.8. The number of nitrogens with zero attached hydrogens (tertiary/aromatic N) is 3. The second-order valence-electron chi connectivity index (χ2n) is 6.71. The summed E-state index contributed by atoms with van der Waals surface area (Å²) in [6.45, 7) is 3.95. The van der Waals surface area contributed by atoms with Crippen LogP contribution in [0.4, 0.5) is 5.69 Å². The molecule has 0 aliphatic carbocycles. The second kappa shape index (κ2) is 9.59. The third kappa shape index (κ3) is 5.12. The van der Waals surface area contributed by atoms with Crippen molar-refractivity contribution in [3.8, 4) is 26.2 Å². The number of methoxy groups -OCH3 is 1. The van der Waals surface area contributed by atoms with E-state index in [0.29, 0.717) is 16.5 Å². The van der Waals surface area contributed by atoms with Gasteiger partial charge in [-0.2, -0.15) is 0 Å². The Hall–Kier alpha value is -2.75. The standard InChI is InChI=1S/C22H20N4O2S3/c1-13-6-8-17(28-3)16(11-13)24-19(27)12-30-20-9-7-15(25-26-20)21-14(2)23-22(31-21)18-5-4-10-29-18/h4-11H,12H2,1-3H3,(H,24,27). The van der Waals surface area contributed by atoms with Gasteiger partial charge < -0.3 is 10.1 Å². The Morgan fingerprint density at radius 1 is 1.16 bits per heavy atom. The van der Waals surface area contributed by atoms with Crippen LogP contribution in [0.15, 0.2) is 52.9 Å². The molecule has 1 N–H and O–H groups in total. The van der Waals surface area contributed by atoms with Crippen LogP contribution in [0.25, 0.3) is 20.5 Å². The SMILES string of the molecule is COc1ccc(C)cc1NC(=O)CSc1ccc(-c2sc(-c3cccs3)nc2C)nn1. The van der Waals surface area contributed by atoms with Crippen molar-refractivity contribution < 1.29 is 9.53 Å². The highest BCUT2D eigenvalue weighted by Gasteiger charge is 2.14. The van der Waals surface area contributed by atoms with E-state index in [2.05, 4.69) is 26.6 Å². The van der Waals surface area contributed by atoms with Gasteiger partial charge in [-0.3, -0.25) is 4.79 Å². The fourth-order valence-corrected chi connectivity index (χ4v) is 5.35. The van der Waals surface area contributed by atoms with Crippen LogP contribution in [0.5, 0.6) is 5.75 Å². The molecule has 0 saturated carbocycles. The number of thiophene rings is 1. The predicted molar refractivity (Wildman–Crippen MR) is 128 cm³/mol. The van der Waals surface area contributed by atoms with Crippen molar-refractivity contribution in [1.29, 1.82) is 0 Å². The molecule has 0 spiro atoms. The van der Waals surface area contributed by atoms with Gasteiger partial charge in [0.25, 0.3) is 0 Å². The molecule has 6 nitrogen and oxygen atoms in total. The number of aryl methyl sites for hydroxylation is 2. The molecule has 31 heavy (non-hydrogen) atoms. The third-order valence-corrected chi connectivity index (χ3v) is 7.52. The van der Waals surface area contributed by atoms with E-state index in [9.17, 15) is 4.79 Å². The first-order chi connectivity index (χ1) is 15.0. The number of hydrogen-bond acceptors (Lipinski definition) is 8. The number of benzene rings is 1. The molecule has 0 unspecified atom stereocenters. The largest absolute Gasteiger partial charge is 0.495 e. The summed E-state index contributed by atoms with van der Waals surface area (Å²) < 4.78 is 5.31. The smallest absolute Gasteiger partial charge is 0.234 e. The van der Waals surface area contributed by atoms with E-state index in [1.54, 1.807) is 29.8 Å². The van der Waals surface area contributed by atoms with Gasteiger partial charge in [0.2, 0.25) is 5.91 Å². The van der Waals surface area contributed by atoms with E-state index in [1.807, 2.05) is 55.6 Å². The average molecular weight is 469 g/mol. The van der Waals surface area contributed by atoms with Crippen molar-refractivity contribution >= 4 is 46.0 Å². The summed E-state index contributed by atoms with van der Waals surface area (Å²) in [5, 5.41) is 15.3. The van der Waals surface area contributed by atoms with E-state index < -0.39 is 0 Å². The number of anilines is 1. The van der Waals surface area contributed by atoms with Crippen LogP contribution < -0.4 is 10.1 Å². The van der Waals surface area contributed by atoms with E-state index in [1.165, 1.54) is 11.8 Å². The first kappa shape index (κ1) is 21.5. The van der Waals surface area contributed by atoms with Gasteiger partial charge >= 0.3 is 0 Å². The molecule has 1 aromatic carbocycles. The Morgan fingerprint density at radius 3 is 2.74 bits per heavy atom. The highest BCUT2D eigenvalue weighted by atomic mass is 32.2. The number of amides is 1.